The summed E-state index contributed by atoms with van der Waals surface area (Å²) in [6.07, 6.45) is 73.2. The Morgan fingerprint density at radius 2 is 0.551 bits per heavy atom. The normalized spacial score (nSPS) is 13.1. The van der Waals surface area contributed by atoms with Gasteiger partial charge in [0, 0.05) is 91.1 Å². The van der Waals surface area contributed by atoms with Crippen LogP contribution < -0.4 is 21.0 Å². The molecule has 8 aromatic heterocycles. The Hall–Kier alpha value is -4.78. The van der Waals surface area contributed by atoms with Gasteiger partial charge in [-0.1, -0.05) is 365 Å². The van der Waals surface area contributed by atoms with Gasteiger partial charge < -0.3 is 10.6 Å². The van der Waals surface area contributed by atoms with E-state index in [0.29, 0.717) is 24.9 Å². The topological polar surface area (TPSA) is 106 Å². The second kappa shape index (κ2) is 61.2. The molecule has 2 unspecified atom stereocenters. The van der Waals surface area contributed by atoms with Crippen molar-refractivity contribution in [1.29, 1.82) is 10.5 Å². The van der Waals surface area contributed by atoms with Crippen LogP contribution in [0.3, 0.4) is 0 Å². The Balaban J connectivity index is 1.13. The summed E-state index contributed by atoms with van der Waals surface area (Å²) in [4.78, 5) is 49.3. The number of aryl methyl sites for hydroxylation is 4. The van der Waals surface area contributed by atoms with Gasteiger partial charge in [0.05, 0.1) is 0 Å². The van der Waals surface area contributed by atoms with E-state index in [0.717, 1.165) is 74.0 Å². The molecule has 2 atom stereocenters. The van der Waals surface area contributed by atoms with Gasteiger partial charge in [-0.3, -0.25) is 9.59 Å². The number of unbranched alkanes of at least 4 members (excludes halogenated alkanes) is 40. The van der Waals surface area contributed by atoms with Crippen molar-refractivity contribution in [1.82, 2.24) is 10.6 Å². The molecule has 0 bridgehead atoms. The molecule has 6 nitrogen and oxygen atoms in total. The van der Waals surface area contributed by atoms with E-state index in [9.17, 15) is 20.1 Å². The van der Waals surface area contributed by atoms with Gasteiger partial charge in [-0.05, 0) is 194 Å². The van der Waals surface area contributed by atoms with Crippen molar-refractivity contribution in [2.24, 2.45) is 11.8 Å². The van der Waals surface area contributed by atoms with Crippen molar-refractivity contribution >= 4 is 133 Å². The van der Waals surface area contributed by atoms with E-state index >= 15 is 0 Å². The average molecular weight is 1890 g/mol. The van der Waals surface area contributed by atoms with Crippen LogP contribution in [0.4, 0.5) is 0 Å². The number of fused-ring (bicyclic) bond motifs is 3. The number of thiophene rings is 8. The minimum atomic E-state index is -2.43. The first-order valence-corrected chi connectivity index (χ1v) is 61.1. The zero-order valence-corrected chi connectivity index (χ0v) is 88.5. The van der Waals surface area contributed by atoms with E-state index in [4.69, 9.17) is 0 Å². The molecule has 0 spiro atoms. The van der Waals surface area contributed by atoms with Crippen LogP contribution in [0.5, 0.6) is 0 Å². The van der Waals surface area contributed by atoms with E-state index in [2.05, 4.69) is 198 Å². The Bertz CT molecular complexity index is 4290. The highest BCUT2D eigenvalue weighted by atomic mass is 32.1. The van der Waals surface area contributed by atoms with Crippen LogP contribution >= 0.6 is 90.7 Å². The Morgan fingerprint density at radius 1 is 0.299 bits per heavy atom. The third kappa shape index (κ3) is 34.0. The van der Waals surface area contributed by atoms with E-state index in [1.54, 1.807) is 42.8 Å². The van der Waals surface area contributed by atoms with Gasteiger partial charge in [0.15, 0.2) is 0 Å². The molecule has 0 radical (unpaired) electrons. The summed E-state index contributed by atoms with van der Waals surface area (Å²) in [6.45, 7) is 24.8. The highest BCUT2D eigenvalue weighted by Gasteiger charge is 2.50. The van der Waals surface area contributed by atoms with Crippen LogP contribution in [-0.4, -0.2) is 33.0 Å². The highest BCUT2D eigenvalue weighted by molar-refractivity contribution is 7.35. The molecule has 0 aromatic carbocycles. The first-order chi connectivity index (χ1) is 62.3. The van der Waals surface area contributed by atoms with Gasteiger partial charge in [-0.25, -0.2) is 0 Å². The van der Waals surface area contributed by atoms with Crippen LogP contribution in [0, 0.1) is 34.5 Å². The molecule has 0 saturated carbocycles. The SMILES string of the molecule is CCCCCCCCCCc1cc(/C=C(\C#N)C(=O)NCCCCCCCC)sc1-c1ccc(-c2sc(-c3cc4c(s3)-c3sc(-c5cc(CCCCCCCCCC)c(-c6ccc(-c7sc(/C=C(\C#N)C(=O)NCCCCCCCC)cc7CCCCCCCCCC)s6)s5)cc3[Si]4(CC(CC)CCCC)CC(CC)CCCC)cc2CCCCCCCCCC)s1. The van der Waals surface area contributed by atoms with Crippen molar-refractivity contribution in [2.45, 2.75) is 441 Å². The smallest absolute Gasteiger partial charge is 0.261 e. The standard InChI is InChI=1S/C112H166N4O2S8Si/c1-11-21-29-35-41-45-49-55-63-87-73-93(75-91(81-113)111(117)115-71-59-53-39-33-25-15-5)119-105(87)95-67-69-97(121-95)107-89(65-57-51-47-43-37-31-23-13-3)77-99(123-107)101-79-103-109(125-101)110-104(127(103,83-85(19-9)61-27-17-7)84-86(20-10)62-28-18-8)80-102(126-110)100-78-90(66-58-52-48-44-38-32-24-14-4)108(124-100)98-70-68-96(122-98)106-88(64-56-50-46-42-36-30-22-12-2)74-94(120-106)76-92(82-114)112(118)116-72-60-54-40-34-26-16-6/h67-70,73-80,85-86H,11-66,71-72,83-84H2,1-10H3,(H,115,117)(H,116,118)/b91-75+,92-76+. The molecule has 15 heteroatoms. The number of carbonyl (C=O) groups excluding carboxylic acids is 2. The lowest BCUT2D eigenvalue weighted by molar-refractivity contribution is -0.117. The van der Waals surface area contributed by atoms with Crippen LogP contribution in [0.25, 0.3) is 80.4 Å². The highest BCUT2D eigenvalue weighted by Crippen LogP contribution is 2.54. The van der Waals surface area contributed by atoms with Crippen LogP contribution in [0.1, 0.15) is 435 Å². The zero-order valence-electron chi connectivity index (χ0n) is 81.0. The number of hydrogen-bond donors (Lipinski definition) is 2. The van der Waals surface area contributed by atoms with Gasteiger partial charge >= 0.3 is 0 Å². The molecule has 9 rings (SSSR count). The van der Waals surface area contributed by atoms with Gasteiger partial charge in [0.25, 0.3) is 11.8 Å². The lowest BCUT2D eigenvalue weighted by Gasteiger charge is -2.35. The fraction of sp³-hybridized carbons (Fsp3) is 0.643. The second-order valence-corrected chi connectivity index (χ2v) is 50.2. The molecule has 0 aliphatic carbocycles. The number of nitrogens with one attached hydrogen (secondary N) is 2. The number of carbonyl (C=O) groups is 2. The van der Waals surface area contributed by atoms with Crippen LogP contribution in [0.2, 0.25) is 12.1 Å². The maximum absolute atomic E-state index is 13.7. The van der Waals surface area contributed by atoms with Gasteiger partial charge in [-0.15, -0.1) is 90.7 Å². The van der Waals surface area contributed by atoms with Crippen molar-refractivity contribution < 1.29 is 9.59 Å². The number of nitriles is 2. The molecule has 127 heavy (non-hydrogen) atoms. The van der Waals surface area contributed by atoms with Crippen molar-refractivity contribution in [3.63, 3.8) is 0 Å². The van der Waals surface area contributed by atoms with E-state index in [1.165, 1.54) is 388 Å². The Morgan fingerprint density at radius 3 is 0.835 bits per heavy atom. The lowest BCUT2D eigenvalue weighted by Crippen LogP contribution is -2.56. The maximum Gasteiger partial charge on any atom is 0.261 e. The Kier molecular flexibility index (Phi) is 51.0. The third-order valence-corrected chi connectivity index (χ3v) is 43.1. The first-order valence-electron chi connectivity index (χ1n) is 52.2. The number of nitrogens with zero attached hydrogens (tertiary/aromatic N) is 2. The van der Waals surface area contributed by atoms with Crippen molar-refractivity contribution in [2.75, 3.05) is 13.1 Å². The Labute approximate surface area is 806 Å². The summed E-state index contributed by atoms with van der Waals surface area (Å²) in [5.74, 6) is 0.865. The molecular formula is C112H166N4O2S8Si. The number of amides is 2. The largest absolute Gasteiger partial charge is 0.351 e. The maximum atomic E-state index is 13.7. The van der Waals surface area contributed by atoms with E-state index in [-0.39, 0.29) is 23.0 Å². The van der Waals surface area contributed by atoms with Crippen LogP contribution in [0.15, 0.2) is 71.8 Å². The number of rotatable bonds is 72. The fourth-order valence-corrected chi connectivity index (χ4v) is 37.2. The lowest BCUT2D eigenvalue weighted by atomic mass is 10.0. The predicted molar refractivity (Wildman–Crippen MR) is 574 cm³/mol. The minimum Gasteiger partial charge on any atom is -0.351 e. The minimum absolute atomic E-state index is 0.201. The van der Waals surface area contributed by atoms with Gasteiger partial charge in [-0.2, -0.15) is 10.5 Å². The molecule has 2 N–H and O–H groups in total. The molecular weight excluding hydrogens is 1720 g/mol. The molecule has 1 aliphatic heterocycles. The third-order valence-electron chi connectivity index (χ3n) is 27.1. The van der Waals surface area contributed by atoms with Gasteiger partial charge in [0.2, 0.25) is 0 Å². The number of hydrogen-bond acceptors (Lipinski definition) is 12. The average Bonchev–Trinajstić information content (AvgIpc) is 1.54. The molecule has 0 saturated heterocycles. The molecule has 8 aromatic rings. The summed E-state index contributed by atoms with van der Waals surface area (Å²) >= 11 is 15.9. The van der Waals surface area contributed by atoms with Crippen molar-refractivity contribution in [3.05, 3.63) is 104 Å². The summed E-state index contributed by atoms with van der Waals surface area (Å²) in [7, 11) is -2.43. The summed E-state index contributed by atoms with van der Waals surface area (Å²) in [6, 6.07) is 32.7. The predicted octanol–water partition coefficient (Wildman–Crippen LogP) is 37.7. The molecule has 0 fully saturated rings. The summed E-state index contributed by atoms with van der Waals surface area (Å²) in [5, 5.41) is 30.8. The summed E-state index contributed by atoms with van der Waals surface area (Å²) in [5.41, 5.74) is 6.14. The quantitative estimate of drug-likeness (QED) is 0.0171. The van der Waals surface area contributed by atoms with E-state index in [1.807, 2.05) is 34.8 Å². The van der Waals surface area contributed by atoms with Crippen LogP contribution in [-0.2, 0) is 35.3 Å². The molecule has 1 aliphatic rings. The van der Waals surface area contributed by atoms with Crippen molar-refractivity contribution in [3.8, 4) is 80.4 Å². The van der Waals surface area contributed by atoms with Gasteiger partial charge in [0.1, 0.15) is 31.4 Å². The fourth-order valence-electron chi connectivity index (χ4n) is 19.3. The van der Waals surface area contributed by atoms with E-state index < -0.39 is 8.07 Å². The monoisotopic (exact) mass is 1880 g/mol. The second-order valence-electron chi connectivity index (χ2n) is 37.6. The molecule has 698 valence electrons. The molecule has 2 amide bonds. The zero-order chi connectivity index (χ0) is 90.1. The molecule has 9 heterocycles. The summed E-state index contributed by atoms with van der Waals surface area (Å²) < 4.78 is 0. The first kappa shape index (κ1) is 106.